The van der Waals surface area contributed by atoms with E-state index in [1.165, 1.54) is 38.9 Å². The first-order valence-electron chi connectivity index (χ1n) is 23.9. The van der Waals surface area contributed by atoms with E-state index in [-0.39, 0.29) is 37.3 Å². The molecule has 11 rings (SSSR count). The molecule has 0 spiro atoms. The van der Waals surface area contributed by atoms with Crippen LogP contribution in [0.2, 0.25) is 0 Å². The zero-order chi connectivity index (χ0) is 47.5. The van der Waals surface area contributed by atoms with Gasteiger partial charge >= 0.3 is 0 Å². The van der Waals surface area contributed by atoms with Crippen LogP contribution in [0.15, 0.2) is 200 Å². The monoisotopic (exact) mass is 1090 g/mol. The Bertz CT molecular complexity index is 3500. The maximum atomic E-state index is 6.75. The molecular weight excluding hydrogens is 1040 g/mol. The summed E-state index contributed by atoms with van der Waals surface area (Å²) in [5, 5.41) is 2.24. The summed E-state index contributed by atoms with van der Waals surface area (Å²) in [5.41, 5.74) is 14.1. The maximum absolute atomic E-state index is 6.75. The molecule has 6 heteroatoms. The van der Waals surface area contributed by atoms with E-state index < -0.39 is 0 Å². The van der Waals surface area contributed by atoms with Gasteiger partial charge in [-0.25, -0.2) is 4.98 Å². The Morgan fingerprint density at radius 1 is 0.471 bits per heavy atom. The minimum Gasteiger partial charge on any atom is -0.509 e. The van der Waals surface area contributed by atoms with E-state index in [4.69, 9.17) is 9.72 Å². The Morgan fingerprint density at radius 2 is 1.10 bits per heavy atom. The predicted molar refractivity (Wildman–Crippen MR) is 286 cm³/mol. The number of hydrogen-bond acceptors (Lipinski definition) is 4. The van der Waals surface area contributed by atoms with Gasteiger partial charge in [0, 0.05) is 72.2 Å². The van der Waals surface area contributed by atoms with Crippen LogP contribution in [0.5, 0.6) is 11.5 Å². The van der Waals surface area contributed by atoms with Crippen molar-refractivity contribution in [3.05, 3.63) is 247 Å². The summed E-state index contributed by atoms with van der Waals surface area (Å²) in [7, 11) is 0. The molecule has 0 saturated heterocycles. The third-order valence-corrected chi connectivity index (χ3v) is 14.1. The molecule has 0 unspecified atom stereocenters. The first kappa shape index (κ1) is 46.5. The van der Waals surface area contributed by atoms with Crippen molar-refractivity contribution >= 4 is 44.6 Å². The fourth-order valence-electron chi connectivity index (χ4n) is 9.83. The number of nitrogens with zero attached hydrogens (tertiary/aromatic N) is 4. The van der Waals surface area contributed by atoms with Crippen LogP contribution in [-0.4, -0.2) is 9.55 Å². The van der Waals surface area contributed by atoms with Crippen molar-refractivity contribution in [1.29, 1.82) is 0 Å². The summed E-state index contributed by atoms with van der Waals surface area (Å²) < 4.78 is 8.98. The van der Waals surface area contributed by atoms with Crippen LogP contribution in [0.1, 0.15) is 76.3 Å². The van der Waals surface area contributed by atoms with Gasteiger partial charge in [-0.1, -0.05) is 175 Å². The number of rotatable bonds is 10. The molecule has 2 aromatic heterocycles. The fourth-order valence-corrected chi connectivity index (χ4v) is 9.83. The number of benzene rings is 8. The Balaban J connectivity index is 0.00000567. The molecule has 0 aliphatic carbocycles. The second-order valence-electron chi connectivity index (χ2n) is 20.3. The van der Waals surface area contributed by atoms with E-state index in [1.807, 2.05) is 24.4 Å². The van der Waals surface area contributed by atoms with Crippen molar-refractivity contribution in [2.75, 3.05) is 9.80 Å². The van der Waals surface area contributed by atoms with Gasteiger partial charge in [-0.05, 0) is 92.2 Å². The molecule has 70 heavy (non-hydrogen) atoms. The van der Waals surface area contributed by atoms with Crippen LogP contribution in [0, 0.1) is 18.8 Å². The number of fused-ring (bicyclic) bond motifs is 4. The van der Waals surface area contributed by atoms with Crippen molar-refractivity contribution in [1.82, 2.24) is 9.55 Å². The number of para-hydroxylation sites is 2. The number of ether oxygens (including phenoxy) is 1. The Kier molecular flexibility index (Phi) is 12.1. The molecule has 0 N–H and O–H groups in total. The van der Waals surface area contributed by atoms with Gasteiger partial charge in [0.05, 0.1) is 0 Å². The third kappa shape index (κ3) is 8.51. The molecule has 350 valence electrons. The first-order chi connectivity index (χ1) is 33.3. The molecule has 0 radical (unpaired) electrons. The number of pyridine rings is 1. The molecule has 0 saturated carbocycles. The Hall–Kier alpha value is -7.20. The molecule has 0 bridgehead atoms. The van der Waals surface area contributed by atoms with Crippen LogP contribution in [-0.2, 0) is 37.3 Å². The molecule has 0 atom stereocenters. The zero-order valence-corrected chi connectivity index (χ0v) is 42.9. The van der Waals surface area contributed by atoms with Crippen molar-refractivity contribution in [3.63, 3.8) is 0 Å². The minimum atomic E-state index is -0.247. The van der Waals surface area contributed by atoms with Crippen LogP contribution < -0.4 is 14.5 Å². The molecule has 0 amide bonds. The van der Waals surface area contributed by atoms with Gasteiger partial charge in [-0.2, -0.15) is 12.1 Å². The molecular formula is C64H55N4OPt-3. The minimum absolute atomic E-state index is 0. The van der Waals surface area contributed by atoms with Gasteiger partial charge in [0.25, 0.3) is 0 Å². The summed E-state index contributed by atoms with van der Waals surface area (Å²) in [6.07, 6.45) is 1.93. The summed E-state index contributed by atoms with van der Waals surface area (Å²) in [6.45, 7) is 18.1. The zero-order valence-electron chi connectivity index (χ0n) is 40.6. The predicted octanol–water partition coefficient (Wildman–Crippen LogP) is 16.6. The van der Waals surface area contributed by atoms with Crippen molar-refractivity contribution in [3.8, 4) is 28.4 Å². The summed E-state index contributed by atoms with van der Waals surface area (Å²) in [6, 6.07) is 76.4. The number of aromatic nitrogens is 2. The molecule has 5 nitrogen and oxygen atoms in total. The smallest absolute Gasteiger partial charge is 0.135 e. The van der Waals surface area contributed by atoms with E-state index in [2.05, 4.69) is 258 Å². The largest absolute Gasteiger partial charge is 0.509 e. The van der Waals surface area contributed by atoms with Crippen molar-refractivity contribution < 1.29 is 25.8 Å². The van der Waals surface area contributed by atoms with Crippen LogP contribution in [0.3, 0.4) is 0 Å². The standard InChI is InChI=1S/C64H55N4O.Pt/c1-62(2,3)48-30-33-57-56(39-48)55-32-31-54(42-60(55)68(57)61-40-49(34-35-65-61)63(4,5)46-22-13-9-14-23-46)69-53-27-19-26-51(41-53)66-43-67(59-29-18-17-28-58(59)66)52-37-45(44-20-11-8-12-21-44)36-50(38-52)64(6,7)47-24-15-10-16-25-47;/h8-40,43H,1-7H3;/q-3;. The van der Waals surface area contributed by atoms with Gasteiger partial charge in [-0.3, -0.25) is 0 Å². The maximum Gasteiger partial charge on any atom is 0.135 e. The SMILES string of the molecule is CC(C)(C)c1ccc2c(c1)c1ccc(Oc3[c-]c(N4[CH-]N(c5cc(-c6ccccc6)cc(C(C)(C)c6ccccc6)c5)c5ccccc54)ccc3)[c-]c1n2-c1cc(C(C)(C)c2ccccc2)ccn1.[Pt]. The van der Waals surface area contributed by atoms with Gasteiger partial charge in [0.15, 0.2) is 0 Å². The normalized spacial score (nSPS) is 12.8. The summed E-state index contributed by atoms with van der Waals surface area (Å²) >= 11 is 0. The van der Waals surface area contributed by atoms with E-state index in [9.17, 15) is 0 Å². The van der Waals surface area contributed by atoms with Crippen LogP contribution in [0.4, 0.5) is 22.7 Å². The number of anilines is 4. The van der Waals surface area contributed by atoms with Gasteiger partial charge in [0.2, 0.25) is 0 Å². The number of hydrogen-bond donors (Lipinski definition) is 0. The average Bonchev–Trinajstić information content (AvgIpc) is 3.93. The molecule has 3 heterocycles. The summed E-state index contributed by atoms with van der Waals surface area (Å²) in [5.74, 6) is 2.02. The van der Waals surface area contributed by atoms with Crippen molar-refractivity contribution in [2.45, 2.75) is 64.7 Å². The second-order valence-corrected chi connectivity index (χ2v) is 20.3. The van der Waals surface area contributed by atoms with E-state index in [0.717, 1.165) is 50.4 Å². The van der Waals surface area contributed by atoms with Gasteiger partial charge in [-0.15, -0.1) is 48.1 Å². The fraction of sp³-hybridized carbons (Fsp3) is 0.156. The molecule has 1 aliphatic heterocycles. The second kappa shape index (κ2) is 18.3. The first-order valence-corrected chi connectivity index (χ1v) is 23.9. The van der Waals surface area contributed by atoms with Crippen LogP contribution in [0.25, 0.3) is 38.8 Å². The van der Waals surface area contributed by atoms with Gasteiger partial charge in [0.1, 0.15) is 5.82 Å². The van der Waals surface area contributed by atoms with Crippen molar-refractivity contribution in [2.24, 2.45) is 0 Å². The average molecular weight is 1090 g/mol. The topological polar surface area (TPSA) is 33.5 Å². The van der Waals surface area contributed by atoms with E-state index in [0.29, 0.717) is 11.5 Å². The van der Waals surface area contributed by atoms with E-state index in [1.54, 1.807) is 0 Å². The van der Waals surface area contributed by atoms with E-state index >= 15 is 0 Å². The van der Waals surface area contributed by atoms with Gasteiger partial charge < -0.3 is 19.1 Å². The quantitative estimate of drug-likeness (QED) is 0.128. The summed E-state index contributed by atoms with van der Waals surface area (Å²) in [4.78, 5) is 9.51. The Morgan fingerprint density at radius 3 is 1.79 bits per heavy atom. The third-order valence-electron chi connectivity index (χ3n) is 14.1. The molecule has 10 aromatic rings. The molecule has 1 aliphatic rings. The molecule has 0 fully saturated rings. The van der Waals surface area contributed by atoms with Crippen LogP contribution >= 0.6 is 0 Å². The molecule has 8 aromatic carbocycles. The Labute approximate surface area is 427 Å².